The van der Waals surface area contributed by atoms with Gasteiger partial charge < -0.3 is 10.2 Å². The summed E-state index contributed by atoms with van der Waals surface area (Å²) in [5, 5.41) is 3.37. The quantitative estimate of drug-likeness (QED) is 0.837. The summed E-state index contributed by atoms with van der Waals surface area (Å²) < 4.78 is 0. The maximum atomic E-state index is 3.37. The molecule has 0 amide bonds. The zero-order chi connectivity index (χ0) is 9.97. The van der Waals surface area contributed by atoms with Crippen molar-refractivity contribution in [2.24, 2.45) is 0 Å². The number of hydrogen-bond donors (Lipinski definition) is 1. The highest BCUT2D eigenvalue weighted by Gasteiger charge is 2.10. The molecule has 1 heterocycles. The molecule has 4 heteroatoms. The summed E-state index contributed by atoms with van der Waals surface area (Å²) in [5.41, 5.74) is 4.14. The molecule has 16 heavy (non-hydrogen) atoms. The van der Waals surface area contributed by atoms with Gasteiger partial charge in [-0.2, -0.15) is 0 Å². The van der Waals surface area contributed by atoms with Gasteiger partial charge in [0.15, 0.2) is 0 Å². The second-order valence-corrected chi connectivity index (χ2v) is 4.01. The van der Waals surface area contributed by atoms with Crippen LogP contribution in [0.1, 0.15) is 11.1 Å². The Morgan fingerprint density at radius 3 is 2.19 bits per heavy atom. The lowest BCUT2D eigenvalue weighted by molar-refractivity contribution is 0.589. The van der Waals surface area contributed by atoms with E-state index in [1.807, 2.05) is 0 Å². The molecule has 92 valence electrons. The van der Waals surface area contributed by atoms with Crippen LogP contribution in [0.2, 0.25) is 0 Å². The zero-order valence-electron chi connectivity index (χ0n) is 9.82. The molecule has 2 rings (SSSR count). The summed E-state index contributed by atoms with van der Waals surface area (Å²) in [6.07, 6.45) is 0. The molecule has 0 unspecified atom stereocenters. The largest absolute Gasteiger partial charge is 0.369 e. The van der Waals surface area contributed by atoms with E-state index in [0.29, 0.717) is 0 Å². The lowest BCUT2D eigenvalue weighted by Gasteiger charge is -2.29. The second-order valence-electron chi connectivity index (χ2n) is 4.01. The second kappa shape index (κ2) is 7.00. The summed E-state index contributed by atoms with van der Waals surface area (Å²) in [6, 6.07) is 6.74. The van der Waals surface area contributed by atoms with E-state index in [1.54, 1.807) is 0 Å². The van der Waals surface area contributed by atoms with E-state index in [2.05, 4.69) is 42.3 Å². The fraction of sp³-hybridized carbons (Fsp3) is 0.500. The van der Waals surface area contributed by atoms with Crippen LogP contribution in [-0.4, -0.2) is 26.2 Å². The molecule has 0 aliphatic carbocycles. The summed E-state index contributed by atoms with van der Waals surface area (Å²) >= 11 is 0. The summed E-state index contributed by atoms with van der Waals surface area (Å²) in [7, 11) is 0. The topological polar surface area (TPSA) is 15.3 Å². The van der Waals surface area contributed by atoms with Crippen LogP contribution >= 0.6 is 24.8 Å². The molecule has 1 fully saturated rings. The van der Waals surface area contributed by atoms with Gasteiger partial charge in [0.25, 0.3) is 0 Å². The third kappa shape index (κ3) is 3.55. The van der Waals surface area contributed by atoms with Gasteiger partial charge in [0.05, 0.1) is 0 Å². The number of benzene rings is 1. The van der Waals surface area contributed by atoms with Gasteiger partial charge in [0, 0.05) is 31.9 Å². The summed E-state index contributed by atoms with van der Waals surface area (Å²) in [6.45, 7) is 8.81. The van der Waals surface area contributed by atoms with E-state index in [9.17, 15) is 0 Å². The third-order valence-electron chi connectivity index (χ3n) is 2.97. The van der Waals surface area contributed by atoms with E-state index in [1.165, 1.54) is 16.8 Å². The first-order valence-corrected chi connectivity index (χ1v) is 5.30. The van der Waals surface area contributed by atoms with Gasteiger partial charge in [-0.1, -0.05) is 6.07 Å². The molecular formula is C12H20Cl2N2. The minimum atomic E-state index is 0. The predicted octanol–water partition coefficient (Wildman–Crippen LogP) is 2.56. The van der Waals surface area contributed by atoms with Gasteiger partial charge in [-0.3, -0.25) is 0 Å². The van der Waals surface area contributed by atoms with Crippen molar-refractivity contribution in [1.29, 1.82) is 0 Å². The Labute approximate surface area is 110 Å². The van der Waals surface area contributed by atoms with Gasteiger partial charge in [-0.15, -0.1) is 24.8 Å². The molecule has 2 nitrogen and oxygen atoms in total. The average molecular weight is 263 g/mol. The first-order valence-electron chi connectivity index (χ1n) is 5.30. The van der Waals surface area contributed by atoms with E-state index in [-0.39, 0.29) is 24.8 Å². The monoisotopic (exact) mass is 262 g/mol. The van der Waals surface area contributed by atoms with Crippen molar-refractivity contribution in [3.8, 4) is 0 Å². The maximum Gasteiger partial charge on any atom is 0.0369 e. The van der Waals surface area contributed by atoms with Crippen LogP contribution in [-0.2, 0) is 0 Å². The molecule has 1 aromatic carbocycles. The predicted molar refractivity (Wildman–Crippen MR) is 75.5 cm³/mol. The molecule has 0 spiro atoms. The summed E-state index contributed by atoms with van der Waals surface area (Å²) in [4.78, 5) is 2.45. The van der Waals surface area contributed by atoms with Crippen molar-refractivity contribution in [1.82, 2.24) is 5.32 Å². The Bertz CT molecular complexity index is 323. The molecule has 1 N–H and O–H groups in total. The molecule has 0 atom stereocenters. The van der Waals surface area contributed by atoms with Crippen LogP contribution in [0.25, 0.3) is 0 Å². The Morgan fingerprint density at radius 2 is 1.62 bits per heavy atom. The minimum Gasteiger partial charge on any atom is -0.369 e. The smallest absolute Gasteiger partial charge is 0.0369 e. The normalized spacial score (nSPS) is 15.0. The van der Waals surface area contributed by atoms with Crippen molar-refractivity contribution >= 4 is 30.5 Å². The van der Waals surface area contributed by atoms with Crippen molar-refractivity contribution in [2.45, 2.75) is 13.8 Å². The highest BCUT2D eigenvalue weighted by atomic mass is 35.5. The van der Waals surface area contributed by atoms with Crippen LogP contribution in [0.3, 0.4) is 0 Å². The fourth-order valence-electron chi connectivity index (χ4n) is 1.85. The number of piperazine rings is 1. The fourth-order valence-corrected chi connectivity index (χ4v) is 1.85. The van der Waals surface area contributed by atoms with Crippen LogP contribution in [0, 0.1) is 13.8 Å². The number of anilines is 1. The lowest BCUT2D eigenvalue weighted by atomic mass is 10.1. The Kier molecular flexibility index (Phi) is 6.81. The van der Waals surface area contributed by atoms with Gasteiger partial charge >= 0.3 is 0 Å². The number of nitrogens with one attached hydrogen (secondary N) is 1. The van der Waals surface area contributed by atoms with E-state index in [4.69, 9.17) is 0 Å². The molecule has 1 saturated heterocycles. The van der Waals surface area contributed by atoms with Crippen molar-refractivity contribution in [3.63, 3.8) is 0 Å². The Hall–Kier alpha value is -0.440. The SMILES string of the molecule is Cc1ccc(N2CCNCC2)cc1C.Cl.Cl. The number of halogens is 2. The van der Waals surface area contributed by atoms with Gasteiger partial charge in [-0.05, 0) is 37.1 Å². The van der Waals surface area contributed by atoms with E-state index in [0.717, 1.165) is 26.2 Å². The molecule has 1 aromatic rings. The molecule has 0 bridgehead atoms. The van der Waals surface area contributed by atoms with Crippen molar-refractivity contribution < 1.29 is 0 Å². The van der Waals surface area contributed by atoms with Crippen LogP contribution in [0.5, 0.6) is 0 Å². The Balaban J connectivity index is 0.00000112. The molecule has 1 aliphatic heterocycles. The zero-order valence-corrected chi connectivity index (χ0v) is 11.5. The highest BCUT2D eigenvalue weighted by molar-refractivity contribution is 5.85. The van der Waals surface area contributed by atoms with Crippen molar-refractivity contribution in [3.05, 3.63) is 29.3 Å². The molecule has 1 aliphatic rings. The molecule has 0 radical (unpaired) electrons. The number of nitrogens with zero attached hydrogens (tertiary/aromatic N) is 1. The van der Waals surface area contributed by atoms with Crippen LogP contribution < -0.4 is 10.2 Å². The van der Waals surface area contributed by atoms with Crippen LogP contribution in [0.4, 0.5) is 5.69 Å². The van der Waals surface area contributed by atoms with Crippen LogP contribution in [0.15, 0.2) is 18.2 Å². The number of aryl methyl sites for hydroxylation is 2. The van der Waals surface area contributed by atoms with Gasteiger partial charge in [0.2, 0.25) is 0 Å². The maximum absolute atomic E-state index is 3.37. The highest BCUT2D eigenvalue weighted by Crippen LogP contribution is 2.18. The molecular weight excluding hydrogens is 243 g/mol. The lowest BCUT2D eigenvalue weighted by Crippen LogP contribution is -2.43. The third-order valence-corrected chi connectivity index (χ3v) is 2.97. The van der Waals surface area contributed by atoms with E-state index >= 15 is 0 Å². The van der Waals surface area contributed by atoms with E-state index < -0.39 is 0 Å². The number of rotatable bonds is 1. The first-order chi connectivity index (χ1) is 6.77. The summed E-state index contributed by atoms with van der Waals surface area (Å²) in [5.74, 6) is 0. The molecule has 0 saturated carbocycles. The molecule has 0 aromatic heterocycles. The Morgan fingerprint density at radius 1 is 1.00 bits per heavy atom. The number of hydrogen-bond acceptors (Lipinski definition) is 2. The van der Waals surface area contributed by atoms with Gasteiger partial charge in [0.1, 0.15) is 0 Å². The minimum absolute atomic E-state index is 0. The first kappa shape index (κ1) is 15.6. The van der Waals surface area contributed by atoms with Gasteiger partial charge in [-0.25, -0.2) is 0 Å². The van der Waals surface area contributed by atoms with Crippen molar-refractivity contribution in [2.75, 3.05) is 31.1 Å². The average Bonchev–Trinajstić information content (AvgIpc) is 2.23. The standard InChI is InChI=1S/C12H18N2.2ClH/c1-10-3-4-12(9-11(10)2)14-7-5-13-6-8-14;;/h3-4,9,13H,5-8H2,1-2H3;2*1H.